The van der Waals surface area contributed by atoms with Crippen LogP contribution in [0.2, 0.25) is 0 Å². The summed E-state index contributed by atoms with van der Waals surface area (Å²) in [5.41, 5.74) is 12.9. The number of para-hydroxylation sites is 2. The molecule has 3 heteroatoms. The molecular weight excluding hydrogens is 705 g/mol. The summed E-state index contributed by atoms with van der Waals surface area (Å²) in [5, 5.41) is 6.85. The van der Waals surface area contributed by atoms with Crippen molar-refractivity contribution >= 4 is 60.5 Å². The maximum absolute atomic E-state index is 6.71. The van der Waals surface area contributed by atoms with E-state index in [-0.39, 0.29) is 0 Å². The first kappa shape index (κ1) is 33.6. The maximum atomic E-state index is 6.71. The molecule has 11 rings (SSSR count). The third-order valence-electron chi connectivity index (χ3n) is 11.3. The van der Waals surface area contributed by atoms with Crippen LogP contribution < -0.4 is 4.90 Å². The predicted molar refractivity (Wildman–Crippen MR) is 243 cm³/mol. The van der Waals surface area contributed by atoms with Crippen molar-refractivity contribution in [2.75, 3.05) is 4.90 Å². The lowest BCUT2D eigenvalue weighted by Crippen LogP contribution is -2.11. The minimum absolute atomic E-state index is 0.623. The third-order valence-corrected chi connectivity index (χ3v) is 11.3. The van der Waals surface area contributed by atoms with Crippen LogP contribution in [0.3, 0.4) is 0 Å². The van der Waals surface area contributed by atoms with Gasteiger partial charge in [-0.25, -0.2) is 4.98 Å². The quantitative estimate of drug-likeness (QED) is 0.152. The van der Waals surface area contributed by atoms with Crippen molar-refractivity contribution < 1.29 is 4.42 Å². The van der Waals surface area contributed by atoms with E-state index >= 15 is 0 Å². The van der Waals surface area contributed by atoms with E-state index in [0.717, 1.165) is 77.3 Å². The second-order valence-corrected chi connectivity index (χ2v) is 14.7. The molecule has 0 bridgehead atoms. The summed E-state index contributed by atoms with van der Waals surface area (Å²) in [5.74, 6) is 0.623. The van der Waals surface area contributed by atoms with Crippen molar-refractivity contribution in [3.8, 4) is 44.8 Å². The normalized spacial score (nSPS) is 11.4. The molecule has 0 aliphatic rings. The average molecular weight is 741 g/mol. The largest absolute Gasteiger partial charge is 0.435 e. The van der Waals surface area contributed by atoms with Crippen molar-refractivity contribution in [2.24, 2.45) is 0 Å². The summed E-state index contributed by atoms with van der Waals surface area (Å²) < 4.78 is 6.71. The topological polar surface area (TPSA) is 29.3 Å². The van der Waals surface area contributed by atoms with Crippen molar-refractivity contribution in [1.82, 2.24) is 4.98 Å². The van der Waals surface area contributed by atoms with Crippen molar-refractivity contribution in [2.45, 2.75) is 0 Å². The van der Waals surface area contributed by atoms with Gasteiger partial charge in [0.05, 0.1) is 5.69 Å². The van der Waals surface area contributed by atoms with Crippen LogP contribution in [-0.4, -0.2) is 4.98 Å². The van der Waals surface area contributed by atoms with E-state index in [1.807, 2.05) is 30.3 Å². The summed E-state index contributed by atoms with van der Waals surface area (Å²) in [6, 6.07) is 77.7. The Morgan fingerprint density at radius 1 is 0.362 bits per heavy atom. The van der Waals surface area contributed by atoms with Gasteiger partial charge < -0.3 is 9.32 Å². The summed E-state index contributed by atoms with van der Waals surface area (Å²) in [7, 11) is 0. The first-order valence-electron chi connectivity index (χ1n) is 19.7. The fourth-order valence-electron chi connectivity index (χ4n) is 8.63. The Morgan fingerprint density at radius 2 is 0.966 bits per heavy atom. The highest BCUT2D eigenvalue weighted by Gasteiger charge is 2.22. The lowest BCUT2D eigenvalue weighted by atomic mass is 9.89. The van der Waals surface area contributed by atoms with E-state index in [4.69, 9.17) is 9.40 Å². The predicted octanol–water partition coefficient (Wildman–Crippen LogP) is 15.4. The highest BCUT2D eigenvalue weighted by Crippen LogP contribution is 2.47. The first-order chi connectivity index (χ1) is 28.8. The Hall–Kier alpha value is -7.75. The zero-order valence-corrected chi connectivity index (χ0v) is 31.6. The van der Waals surface area contributed by atoms with Crippen LogP contribution in [0, 0.1) is 0 Å². The molecule has 0 unspecified atom stereocenters. The van der Waals surface area contributed by atoms with Crippen molar-refractivity contribution in [3.63, 3.8) is 0 Å². The highest BCUT2D eigenvalue weighted by atomic mass is 16.3. The van der Waals surface area contributed by atoms with E-state index in [1.54, 1.807) is 0 Å². The van der Waals surface area contributed by atoms with Crippen LogP contribution in [0.5, 0.6) is 0 Å². The lowest BCUT2D eigenvalue weighted by molar-refractivity contribution is 0.623. The molecule has 1 heterocycles. The third kappa shape index (κ3) is 5.72. The first-order valence-corrected chi connectivity index (χ1v) is 19.7. The minimum Gasteiger partial charge on any atom is -0.435 e. The zero-order valence-electron chi connectivity index (χ0n) is 31.6. The highest BCUT2D eigenvalue weighted by molar-refractivity contribution is 6.29. The lowest BCUT2D eigenvalue weighted by Gasteiger charge is -2.29. The number of oxazole rings is 1. The second kappa shape index (κ2) is 14.1. The Kier molecular flexibility index (Phi) is 8.15. The summed E-state index contributed by atoms with van der Waals surface area (Å²) in [6.07, 6.45) is 0. The zero-order chi connectivity index (χ0) is 38.4. The van der Waals surface area contributed by atoms with Crippen LogP contribution in [0.25, 0.3) is 88.3 Å². The molecule has 58 heavy (non-hydrogen) atoms. The maximum Gasteiger partial charge on any atom is 0.227 e. The Morgan fingerprint density at radius 3 is 1.76 bits per heavy atom. The molecule has 11 aromatic rings. The summed E-state index contributed by atoms with van der Waals surface area (Å²) in [4.78, 5) is 7.38. The number of fused-ring (bicyclic) bond motifs is 7. The van der Waals surface area contributed by atoms with E-state index in [0.29, 0.717) is 5.89 Å². The smallest absolute Gasteiger partial charge is 0.227 e. The number of aromatic nitrogens is 1. The molecule has 0 saturated carbocycles. The number of anilines is 3. The molecule has 0 N–H and O–H groups in total. The van der Waals surface area contributed by atoms with Gasteiger partial charge in [-0.15, -0.1) is 0 Å². The van der Waals surface area contributed by atoms with Crippen LogP contribution in [0.15, 0.2) is 223 Å². The Bertz CT molecular complexity index is 3280. The molecule has 0 fully saturated rings. The van der Waals surface area contributed by atoms with Crippen LogP contribution >= 0.6 is 0 Å². The van der Waals surface area contributed by atoms with Gasteiger partial charge in [0.1, 0.15) is 5.52 Å². The molecule has 0 atom stereocenters. The minimum atomic E-state index is 0.623. The van der Waals surface area contributed by atoms with Gasteiger partial charge >= 0.3 is 0 Å². The second-order valence-electron chi connectivity index (χ2n) is 14.7. The number of hydrogen-bond donors (Lipinski definition) is 0. The molecule has 0 spiro atoms. The summed E-state index contributed by atoms with van der Waals surface area (Å²) >= 11 is 0. The molecule has 1 aromatic heterocycles. The SMILES string of the molecule is c1ccc(-c2nc3ccc4ccc5c(-c6ccccc6N(c6ccccc6)c6cccc(-c7ccccc7-c7ccccc7)c6)cc6ccccc6c5c4c3o2)cc1. The molecule has 0 saturated heterocycles. The molecule has 0 amide bonds. The molecular formula is C55H36N2O. The molecule has 10 aromatic carbocycles. The van der Waals surface area contributed by atoms with Gasteiger partial charge in [-0.05, 0) is 104 Å². The fourth-order valence-corrected chi connectivity index (χ4v) is 8.63. The Labute approximate surface area is 336 Å². The summed E-state index contributed by atoms with van der Waals surface area (Å²) in [6.45, 7) is 0. The monoisotopic (exact) mass is 740 g/mol. The number of nitrogens with zero attached hydrogens (tertiary/aromatic N) is 2. The average Bonchev–Trinajstić information content (AvgIpc) is 3.75. The van der Waals surface area contributed by atoms with Crippen LogP contribution in [0.4, 0.5) is 17.1 Å². The number of rotatable bonds is 7. The molecule has 0 aliphatic heterocycles. The molecule has 0 radical (unpaired) electrons. The molecule has 3 nitrogen and oxygen atoms in total. The Balaban J connectivity index is 1.15. The van der Waals surface area contributed by atoms with Crippen LogP contribution in [-0.2, 0) is 0 Å². The van der Waals surface area contributed by atoms with Gasteiger partial charge in [0, 0.05) is 33.3 Å². The van der Waals surface area contributed by atoms with E-state index in [2.05, 4.69) is 193 Å². The van der Waals surface area contributed by atoms with Crippen LogP contribution in [0.1, 0.15) is 0 Å². The standard InChI is InChI=1S/C55H36N2O/c1-4-17-37(18-5-1)44-26-12-13-27-45(44)40-22-16-25-43(35-40)57(42-23-8-3-9-24-42)51-30-15-14-29-47(51)49-36-41-21-10-11-28-46(41)53-48(49)33-31-38-32-34-50-54(52(38)53)58-55(56-50)39-19-6-2-7-20-39/h1-36H. The fraction of sp³-hybridized carbons (Fsp3) is 0. The number of benzene rings is 10. The van der Waals surface area contributed by atoms with Gasteiger partial charge in [-0.2, -0.15) is 0 Å². The van der Waals surface area contributed by atoms with Gasteiger partial charge in [-0.3, -0.25) is 0 Å². The van der Waals surface area contributed by atoms with E-state index in [9.17, 15) is 0 Å². The van der Waals surface area contributed by atoms with Crippen molar-refractivity contribution in [3.05, 3.63) is 218 Å². The van der Waals surface area contributed by atoms with Gasteiger partial charge in [-0.1, -0.05) is 164 Å². The van der Waals surface area contributed by atoms with E-state index < -0.39 is 0 Å². The number of hydrogen-bond acceptors (Lipinski definition) is 3. The van der Waals surface area contributed by atoms with Crippen molar-refractivity contribution in [1.29, 1.82) is 0 Å². The van der Waals surface area contributed by atoms with E-state index in [1.165, 1.54) is 22.1 Å². The van der Waals surface area contributed by atoms with Gasteiger partial charge in [0.25, 0.3) is 0 Å². The van der Waals surface area contributed by atoms with Gasteiger partial charge in [0.2, 0.25) is 5.89 Å². The van der Waals surface area contributed by atoms with Gasteiger partial charge in [0.15, 0.2) is 5.58 Å². The molecule has 0 aliphatic carbocycles. The molecule has 272 valence electrons.